The zero-order valence-corrected chi connectivity index (χ0v) is 23.3. The van der Waals surface area contributed by atoms with Crippen molar-refractivity contribution in [3.8, 4) is 16.8 Å². The fourth-order valence-corrected chi connectivity index (χ4v) is 4.25. The van der Waals surface area contributed by atoms with Crippen molar-refractivity contribution in [1.82, 2.24) is 14.7 Å². The Labute approximate surface area is 230 Å². The molecule has 1 heterocycles. The van der Waals surface area contributed by atoms with Gasteiger partial charge in [0.05, 0.1) is 18.0 Å². The van der Waals surface area contributed by atoms with Gasteiger partial charge < -0.3 is 15.0 Å². The Balaban J connectivity index is 1.55. The molecule has 0 aliphatic heterocycles. The minimum Gasteiger partial charge on any atom is -0.383 e. The molecule has 3 aromatic carbocycles. The van der Waals surface area contributed by atoms with Crippen LogP contribution in [0, 0.1) is 6.92 Å². The van der Waals surface area contributed by atoms with Crippen LogP contribution in [-0.4, -0.2) is 53.3 Å². The predicted molar refractivity (Wildman–Crippen MR) is 155 cm³/mol. The number of amides is 2. The maximum absolute atomic E-state index is 13.4. The van der Waals surface area contributed by atoms with Gasteiger partial charge in [0.15, 0.2) is 0 Å². The van der Waals surface area contributed by atoms with Gasteiger partial charge in [-0.3, -0.25) is 9.59 Å². The van der Waals surface area contributed by atoms with E-state index in [1.165, 1.54) is 4.90 Å². The van der Waals surface area contributed by atoms with Crippen molar-refractivity contribution < 1.29 is 14.3 Å². The van der Waals surface area contributed by atoms with Gasteiger partial charge in [0.2, 0.25) is 5.91 Å². The Morgan fingerprint density at radius 2 is 1.56 bits per heavy atom. The van der Waals surface area contributed by atoms with Gasteiger partial charge in [0, 0.05) is 30.7 Å². The number of anilines is 1. The molecular weight excluding hydrogens is 488 g/mol. The lowest BCUT2D eigenvalue weighted by atomic mass is 9.92. The number of methoxy groups -OCH3 is 1. The van der Waals surface area contributed by atoms with Crippen LogP contribution in [0.2, 0.25) is 0 Å². The number of aromatic nitrogens is 2. The minimum atomic E-state index is -0.310. The molecule has 7 nitrogen and oxygen atoms in total. The molecule has 0 saturated carbocycles. The van der Waals surface area contributed by atoms with E-state index in [0.717, 1.165) is 28.1 Å². The fraction of sp³-hybridized carbons (Fsp3) is 0.281. The van der Waals surface area contributed by atoms with E-state index in [-0.39, 0.29) is 30.3 Å². The number of carbonyl (C=O) groups is 2. The predicted octanol–water partition coefficient (Wildman–Crippen LogP) is 5.87. The van der Waals surface area contributed by atoms with Crippen LogP contribution in [0.3, 0.4) is 0 Å². The van der Waals surface area contributed by atoms with Crippen molar-refractivity contribution in [2.24, 2.45) is 0 Å². The first-order valence-electron chi connectivity index (χ1n) is 13.1. The number of hydrogen-bond donors (Lipinski definition) is 1. The van der Waals surface area contributed by atoms with E-state index in [1.807, 2.05) is 79.7 Å². The smallest absolute Gasteiger partial charge is 0.254 e. The third kappa shape index (κ3) is 6.81. The number of aryl methyl sites for hydroxylation is 1. The zero-order valence-electron chi connectivity index (χ0n) is 23.3. The van der Waals surface area contributed by atoms with Crippen molar-refractivity contribution in [2.45, 2.75) is 33.1 Å². The van der Waals surface area contributed by atoms with E-state index in [0.29, 0.717) is 18.0 Å². The van der Waals surface area contributed by atoms with Crippen molar-refractivity contribution >= 4 is 17.6 Å². The summed E-state index contributed by atoms with van der Waals surface area (Å²) in [6.07, 6.45) is 0. The zero-order chi connectivity index (χ0) is 28.0. The maximum atomic E-state index is 13.4. The third-order valence-corrected chi connectivity index (χ3v) is 6.51. The first kappa shape index (κ1) is 27.8. The highest BCUT2D eigenvalue weighted by Crippen LogP contribution is 2.27. The highest BCUT2D eigenvalue weighted by molar-refractivity contribution is 5.99. The lowest BCUT2D eigenvalue weighted by Gasteiger charge is -2.22. The number of carbonyl (C=O) groups excluding carboxylic acids is 2. The van der Waals surface area contributed by atoms with Gasteiger partial charge in [-0.25, -0.2) is 4.68 Å². The molecule has 7 heteroatoms. The summed E-state index contributed by atoms with van der Waals surface area (Å²) >= 11 is 0. The van der Waals surface area contributed by atoms with Gasteiger partial charge in [-0.15, -0.1) is 0 Å². The molecule has 4 rings (SSSR count). The lowest BCUT2D eigenvalue weighted by Crippen LogP contribution is -2.40. The molecule has 2 amide bonds. The molecule has 0 fully saturated rings. The van der Waals surface area contributed by atoms with Crippen molar-refractivity contribution in [1.29, 1.82) is 0 Å². The summed E-state index contributed by atoms with van der Waals surface area (Å²) in [5.74, 6) is 0.0192. The minimum absolute atomic E-state index is 0.119. The van der Waals surface area contributed by atoms with E-state index < -0.39 is 0 Å². The quantitative estimate of drug-likeness (QED) is 0.297. The Morgan fingerprint density at radius 3 is 2.21 bits per heavy atom. The second-order valence-electron chi connectivity index (χ2n) is 10.6. The number of para-hydroxylation sites is 1. The molecule has 0 atom stereocenters. The number of nitrogens with one attached hydrogen (secondary N) is 1. The highest BCUT2D eigenvalue weighted by Gasteiger charge is 2.24. The first-order valence-corrected chi connectivity index (χ1v) is 13.1. The normalized spacial score (nSPS) is 11.3. The van der Waals surface area contributed by atoms with Crippen LogP contribution in [0.1, 0.15) is 42.4 Å². The van der Waals surface area contributed by atoms with Crippen molar-refractivity contribution in [3.05, 3.63) is 102 Å². The van der Waals surface area contributed by atoms with Crippen LogP contribution in [-0.2, 0) is 14.9 Å². The molecule has 0 unspecified atom stereocenters. The van der Waals surface area contributed by atoms with Crippen LogP contribution in [0.4, 0.5) is 5.82 Å². The molecular formula is C32H36N4O3. The number of hydrogen-bond acceptors (Lipinski definition) is 4. The standard InChI is InChI=1S/C32H36N4O3/c1-23-11-9-10-14-27(23)36-29(21-28(34-36)32(2,3)4)33-30(37)22-35(19-20-39-5)31(38)26-17-15-25(16-18-26)24-12-7-6-8-13-24/h6-18,21H,19-20,22H2,1-5H3,(H,33,37). The summed E-state index contributed by atoms with van der Waals surface area (Å²) in [7, 11) is 1.58. The number of nitrogens with zero attached hydrogens (tertiary/aromatic N) is 3. The molecule has 1 N–H and O–H groups in total. The topological polar surface area (TPSA) is 76.5 Å². The average molecular weight is 525 g/mol. The molecule has 39 heavy (non-hydrogen) atoms. The van der Waals surface area contributed by atoms with Crippen LogP contribution in [0.25, 0.3) is 16.8 Å². The Hall–Kier alpha value is -4.23. The molecule has 202 valence electrons. The average Bonchev–Trinajstić information content (AvgIpc) is 3.35. The third-order valence-electron chi connectivity index (χ3n) is 6.51. The van der Waals surface area contributed by atoms with Crippen LogP contribution >= 0.6 is 0 Å². The maximum Gasteiger partial charge on any atom is 0.254 e. The monoisotopic (exact) mass is 524 g/mol. The molecule has 4 aromatic rings. The fourth-order valence-electron chi connectivity index (χ4n) is 4.25. The summed E-state index contributed by atoms with van der Waals surface area (Å²) < 4.78 is 6.99. The lowest BCUT2D eigenvalue weighted by molar-refractivity contribution is -0.117. The van der Waals surface area contributed by atoms with Gasteiger partial charge in [-0.1, -0.05) is 81.4 Å². The van der Waals surface area contributed by atoms with Gasteiger partial charge in [0.1, 0.15) is 12.4 Å². The Bertz CT molecular complexity index is 1420. The first-order chi connectivity index (χ1) is 18.7. The number of ether oxygens (including phenoxy) is 1. The van der Waals surface area contributed by atoms with E-state index >= 15 is 0 Å². The van der Waals surface area contributed by atoms with E-state index in [1.54, 1.807) is 23.9 Å². The molecule has 0 bridgehead atoms. The Kier molecular flexibility index (Phi) is 8.62. The summed E-state index contributed by atoms with van der Waals surface area (Å²) in [5.41, 5.74) is 5.17. The van der Waals surface area contributed by atoms with E-state index in [9.17, 15) is 9.59 Å². The molecule has 0 spiro atoms. The van der Waals surface area contributed by atoms with E-state index in [4.69, 9.17) is 9.84 Å². The van der Waals surface area contributed by atoms with Crippen LogP contribution in [0.15, 0.2) is 84.9 Å². The van der Waals surface area contributed by atoms with Gasteiger partial charge >= 0.3 is 0 Å². The van der Waals surface area contributed by atoms with Gasteiger partial charge in [0.25, 0.3) is 5.91 Å². The molecule has 0 radical (unpaired) electrons. The molecule has 0 saturated heterocycles. The number of rotatable bonds is 9. The van der Waals surface area contributed by atoms with Crippen LogP contribution in [0.5, 0.6) is 0 Å². The largest absolute Gasteiger partial charge is 0.383 e. The molecule has 0 aliphatic carbocycles. The van der Waals surface area contributed by atoms with Gasteiger partial charge in [-0.05, 0) is 41.8 Å². The summed E-state index contributed by atoms with van der Waals surface area (Å²) in [6, 6.07) is 27.2. The SMILES string of the molecule is COCCN(CC(=O)Nc1cc(C(C)(C)C)nn1-c1ccccc1C)C(=O)c1ccc(-c2ccccc2)cc1. The molecule has 1 aromatic heterocycles. The second kappa shape index (κ2) is 12.1. The summed E-state index contributed by atoms with van der Waals surface area (Å²) in [5, 5.41) is 7.81. The summed E-state index contributed by atoms with van der Waals surface area (Å²) in [6.45, 7) is 8.73. The highest BCUT2D eigenvalue weighted by atomic mass is 16.5. The van der Waals surface area contributed by atoms with Crippen molar-refractivity contribution in [3.63, 3.8) is 0 Å². The van der Waals surface area contributed by atoms with Gasteiger partial charge in [-0.2, -0.15) is 5.10 Å². The second-order valence-corrected chi connectivity index (χ2v) is 10.6. The number of benzene rings is 3. The Morgan fingerprint density at radius 1 is 0.923 bits per heavy atom. The molecule has 0 aliphatic rings. The van der Waals surface area contributed by atoms with E-state index in [2.05, 4.69) is 26.1 Å². The summed E-state index contributed by atoms with van der Waals surface area (Å²) in [4.78, 5) is 28.2. The van der Waals surface area contributed by atoms with Crippen molar-refractivity contribution in [2.75, 3.05) is 32.1 Å². The van der Waals surface area contributed by atoms with Crippen LogP contribution < -0.4 is 5.32 Å².